The molecule has 1 aliphatic rings. The van der Waals surface area contributed by atoms with Crippen molar-refractivity contribution in [1.82, 2.24) is 0 Å². The van der Waals surface area contributed by atoms with Gasteiger partial charge in [0.05, 0.1) is 0 Å². The van der Waals surface area contributed by atoms with Crippen LogP contribution in [0, 0.1) is 12.8 Å². The van der Waals surface area contributed by atoms with Crippen LogP contribution in [0.1, 0.15) is 35.1 Å². The molecule has 0 heteroatoms. The van der Waals surface area contributed by atoms with Crippen molar-refractivity contribution < 1.29 is 0 Å². The minimum atomic E-state index is 0.437. The Labute approximate surface area is 132 Å². The highest BCUT2D eigenvalue weighted by Gasteiger charge is 2.27. The maximum atomic E-state index is 2.36. The molecular formula is C22H20. The fourth-order valence-corrected chi connectivity index (χ4v) is 3.83. The summed E-state index contributed by atoms with van der Waals surface area (Å²) in [6, 6.07) is 22.1. The molecule has 3 aromatic carbocycles. The fraction of sp³-hybridized carbons (Fsp3) is 0.182. The van der Waals surface area contributed by atoms with Gasteiger partial charge in [-0.3, -0.25) is 0 Å². The molecule has 2 unspecified atom stereocenters. The molecule has 0 aromatic heterocycles. The van der Waals surface area contributed by atoms with Crippen LogP contribution in [0.15, 0.2) is 66.7 Å². The number of rotatable bonds is 1. The van der Waals surface area contributed by atoms with E-state index in [1.54, 1.807) is 0 Å². The second-order valence-electron chi connectivity index (χ2n) is 6.34. The van der Waals surface area contributed by atoms with Crippen molar-refractivity contribution in [2.75, 3.05) is 0 Å². The van der Waals surface area contributed by atoms with Gasteiger partial charge in [-0.2, -0.15) is 0 Å². The van der Waals surface area contributed by atoms with Crippen molar-refractivity contribution in [1.29, 1.82) is 0 Å². The molecule has 0 saturated heterocycles. The Kier molecular flexibility index (Phi) is 3.11. The predicted molar refractivity (Wildman–Crippen MR) is 95.2 cm³/mol. The molecule has 0 aliphatic heterocycles. The molecule has 0 saturated carbocycles. The molecular weight excluding hydrogens is 264 g/mol. The Balaban J connectivity index is 2.03. The van der Waals surface area contributed by atoms with Gasteiger partial charge in [-0.05, 0) is 45.9 Å². The van der Waals surface area contributed by atoms with Crippen molar-refractivity contribution in [3.63, 3.8) is 0 Å². The SMILES string of the molecule is Cc1ccc2ccccc2c1C1c2ccccc2C=CC1C. The van der Waals surface area contributed by atoms with Crippen LogP contribution < -0.4 is 0 Å². The maximum absolute atomic E-state index is 2.36. The molecule has 108 valence electrons. The summed E-state index contributed by atoms with van der Waals surface area (Å²) in [6.45, 7) is 4.58. The van der Waals surface area contributed by atoms with Crippen LogP contribution in [0.5, 0.6) is 0 Å². The third-order valence-electron chi connectivity index (χ3n) is 4.94. The Morgan fingerprint density at radius 3 is 2.50 bits per heavy atom. The summed E-state index contributed by atoms with van der Waals surface area (Å²) < 4.78 is 0. The van der Waals surface area contributed by atoms with Crippen LogP contribution in [0.4, 0.5) is 0 Å². The lowest BCUT2D eigenvalue weighted by molar-refractivity contribution is 0.619. The van der Waals surface area contributed by atoms with Crippen LogP contribution in [0.3, 0.4) is 0 Å². The van der Waals surface area contributed by atoms with E-state index in [-0.39, 0.29) is 0 Å². The first-order valence-corrected chi connectivity index (χ1v) is 8.01. The lowest BCUT2D eigenvalue weighted by Crippen LogP contribution is -2.15. The zero-order valence-corrected chi connectivity index (χ0v) is 13.1. The van der Waals surface area contributed by atoms with Gasteiger partial charge in [0.1, 0.15) is 0 Å². The monoisotopic (exact) mass is 284 g/mol. The predicted octanol–water partition coefficient (Wildman–Crippen LogP) is 5.94. The van der Waals surface area contributed by atoms with E-state index in [0.717, 1.165) is 0 Å². The Bertz CT molecular complexity index is 870. The van der Waals surface area contributed by atoms with Gasteiger partial charge in [0.15, 0.2) is 0 Å². The van der Waals surface area contributed by atoms with E-state index < -0.39 is 0 Å². The molecule has 0 bridgehead atoms. The quantitative estimate of drug-likeness (QED) is 0.518. The number of aryl methyl sites for hydroxylation is 1. The van der Waals surface area contributed by atoms with E-state index in [1.165, 1.54) is 33.0 Å². The molecule has 0 spiro atoms. The van der Waals surface area contributed by atoms with Crippen LogP contribution in [0.2, 0.25) is 0 Å². The normalized spacial score (nSPS) is 20.1. The lowest BCUT2D eigenvalue weighted by atomic mass is 9.73. The smallest absolute Gasteiger partial charge is 0.0164 e. The van der Waals surface area contributed by atoms with Crippen LogP contribution in [0.25, 0.3) is 16.8 Å². The van der Waals surface area contributed by atoms with Crippen molar-refractivity contribution in [2.45, 2.75) is 19.8 Å². The topological polar surface area (TPSA) is 0 Å². The molecule has 22 heavy (non-hydrogen) atoms. The molecule has 0 radical (unpaired) electrons. The van der Waals surface area contributed by atoms with E-state index in [9.17, 15) is 0 Å². The third-order valence-corrected chi connectivity index (χ3v) is 4.94. The molecule has 1 aliphatic carbocycles. The Morgan fingerprint density at radius 2 is 1.59 bits per heavy atom. The van der Waals surface area contributed by atoms with E-state index in [2.05, 4.69) is 86.7 Å². The van der Waals surface area contributed by atoms with Crippen molar-refractivity contribution in [2.24, 2.45) is 5.92 Å². The molecule has 0 N–H and O–H groups in total. The van der Waals surface area contributed by atoms with Crippen LogP contribution >= 0.6 is 0 Å². The summed E-state index contributed by atoms with van der Waals surface area (Å²) in [4.78, 5) is 0. The third kappa shape index (κ3) is 1.99. The number of hydrogen-bond donors (Lipinski definition) is 0. The molecule has 0 heterocycles. The first-order chi connectivity index (χ1) is 10.8. The zero-order chi connectivity index (χ0) is 15.1. The average molecular weight is 284 g/mol. The van der Waals surface area contributed by atoms with Crippen LogP contribution in [-0.4, -0.2) is 0 Å². The molecule has 0 nitrogen and oxygen atoms in total. The summed E-state index contributed by atoms with van der Waals surface area (Å²) in [5.41, 5.74) is 5.69. The van der Waals surface area contributed by atoms with Gasteiger partial charge in [-0.25, -0.2) is 0 Å². The van der Waals surface area contributed by atoms with Crippen molar-refractivity contribution in [3.8, 4) is 0 Å². The number of allylic oxidation sites excluding steroid dienone is 1. The standard InChI is InChI=1S/C22H20/c1-15-11-13-17-7-3-5-9-19(17)21(15)22-16(2)12-14-18-8-4-6-10-20(18)22/h3-15,21H,1-2H3. The molecule has 3 aromatic rings. The molecule has 2 atom stereocenters. The van der Waals surface area contributed by atoms with Gasteiger partial charge in [0, 0.05) is 5.92 Å². The first kappa shape index (κ1) is 13.3. The van der Waals surface area contributed by atoms with Gasteiger partial charge >= 0.3 is 0 Å². The van der Waals surface area contributed by atoms with Gasteiger partial charge in [0.2, 0.25) is 0 Å². The second-order valence-corrected chi connectivity index (χ2v) is 6.34. The van der Waals surface area contributed by atoms with Crippen molar-refractivity contribution >= 4 is 16.8 Å². The second kappa shape index (κ2) is 5.14. The number of hydrogen-bond acceptors (Lipinski definition) is 0. The lowest BCUT2D eigenvalue weighted by Gasteiger charge is -2.30. The average Bonchev–Trinajstić information content (AvgIpc) is 2.56. The minimum Gasteiger partial charge on any atom is -0.0801 e. The zero-order valence-electron chi connectivity index (χ0n) is 13.1. The highest BCUT2D eigenvalue weighted by molar-refractivity contribution is 5.88. The van der Waals surface area contributed by atoms with E-state index in [1.807, 2.05) is 0 Å². The first-order valence-electron chi connectivity index (χ1n) is 8.01. The van der Waals surface area contributed by atoms with Gasteiger partial charge < -0.3 is 0 Å². The fourth-order valence-electron chi connectivity index (χ4n) is 3.83. The van der Waals surface area contributed by atoms with Gasteiger partial charge in [-0.15, -0.1) is 0 Å². The van der Waals surface area contributed by atoms with E-state index in [0.29, 0.717) is 11.8 Å². The Hall–Kier alpha value is -2.34. The largest absolute Gasteiger partial charge is 0.0801 e. The summed E-state index contributed by atoms with van der Waals surface area (Å²) in [7, 11) is 0. The maximum Gasteiger partial charge on any atom is 0.0164 e. The van der Waals surface area contributed by atoms with E-state index in [4.69, 9.17) is 0 Å². The number of benzene rings is 3. The summed E-state index contributed by atoms with van der Waals surface area (Å²) in [5, 5.41) is 2.73. The summed E-state index contributed by atoms with van der Waals surface area (Å²) in [6.07, 6.45) is 4.63. The number of fused-ring (bicyclic) bond motifs is 2. The molecule has 4 rings (SSSR count). The highest BCUT2D eigenvalue weighted by Crippen LogP contribution is 2.42. The van der Waals surface area contributed by atoms with E-state index >= 15 is 0 Å². The highest BCUT2D eigenvalue weighted by atomic mass is 14.3. The summed E-state index contributed by atoms with van der Waals surface area (Å²) >= 11 is 0. The molecule has 0 amide bonds. The van der Waals surface area contributed by atoms with Crippen molar-refractivity contribution in [3.05, 3.63) is 89.0 Å². The van der Waals surface area contributed by atoms with Gasteiger partial charge in [-0.1, -0.05) is 79.7 Å². The van der Waals surface area contributed by atoms with Gasteiger partial charge in [0.25, 0.3) is 0 Å². The Morgan fingerprint density at radius 1 is 0.818 bits per heavy atom. The van der Waals surface area contributed by atoms with Crippen LogP contribution in [-0.2, 0) is 0 Å². The summed E-state index contributed by atoms with van der Waals surface area (Å²) in [5.74, 6) is 0.951. The molecule has 0 fully saturated rings. The minimum absolute atomic E-state index is 0.437.